The van der Waals surface area contributed by atoms with Crippen LogP contribution in [0.4, 0.5) is 4.39 Å². The molecule has 0 saturated carbocycles. The lowest BCUT2D eigenvalue weighted by atomic mass is 10.0. The summed E-state index contributed by atoms with van der Waals surface area (Å²) >= 11 is 5.79. The van der Waals surface area contributed by atoms with Crippen LogP contribution in [0.2, 0.25) is 5.15 Å². The molecule has 0 unspecified atom stereocenters. The van der Waals surface area contributed by atoms with E-state index in [2.05, 4.69) is 15.2 Å². The van der Waals surface area contributed by atoms with Crippen molar-refractivity contribution in [2.45, 2.75) is 24.8 Å². The van der Waals surface area contributed by atoms with E-state index in [1.54, 1.807) is 19.1 Å². The zero-order valence-corrected chi connectivity index (χ0v) is 15.5. The van der Waals surface area contributed by atoms with Gasteiger partial charge in [0.1, 0.15) is 10.8 Å². The van der Waals surface area contributed by atoms with Gasteiger partial charge in [0.15, 0.2) is 5.15 Å². The maximum atomic E-state index is 14.5. The van der Waals surface area contributed by atoms with Crippen LogP contribution in [0.3, 0.4) is 0 Å². The van der Waals surface area contributed by atoms with Crippen molar-refractivity contribution in [2.75, 3.05) is 13.1 Å². The maximum Gasteiger partial charge on any atom is 0.258 e. The van der Waals surface area contributed by atoms with Gasteiger partial charge in [0, 0.05) is 24.0 Å². The van der Waals surface area contributed by atoms with Crippen LogP contribution < -0.4 is 0 Å². The van der Waals surface area contributed by atoms with Gasteiger partial charge in [-0.2, -0.15) is 4.31 Å². The maximum absolute atomic E-state index is 14.5. The number of aryl methyl sites for hydroxylation is 1. The molecular formula is C17H16ClFN4O2S. The van der Waals surface area contributed by atoms with E-state index in [1.165, 1.54) is 16.4 Å². The Morgan fingerprint density at radius 2 is 1.92 bits per heavy atom. The highest BCUT2D eigenvalue weighted by atomic mass is 35.5. The van der Waals surface area contributed by atoms with Crippen molar-refractivity contribution in [3.63, 3.8) is 0 Å². The van der Waals surface area contributed by atoms with Crippen molar-refractivity contribution in [3.8, 4) is 11.3 Å². The zero-order chi connectivity index (χ0) is 18.5. The molecule has 0 bridgehead atoms. The van der Waals surface area contributed by atoms with Gasteiger partial charge in [0.25, 0.3) is 10.0 Å². The summed E-state index contributed by atoms with van der Waals surface area (Å²) in [6.07, 6.45) is 1.66. The summed E-state index contributed by atoms with van der Waals surface area (Å²) in [4.78, 5) is 2.75. The summed E-state index contributed by atoms with van der Waals surface area (Å²) in [7, 11) is -3.68. The molecule has 1 aromatic carbocycles. The van der Waals surface area contributed by atoms with Crippen LogP contribution in [0.15, 0.2) is 29.3 Å². The van der Waals surface area contributed by atoms with Crippen molar-refractivity contribution >= 4 is 32.5 Å². The number of nitrogens with zero attached hydrogens (tertiary/aromatic N) is 3. The van der Waals surface area contributed by atoms with Gasteiger partial charge in [-0.3, -0.25) is 0 Å². The molecule has 26 heavy (non-hydrogen) atoms. The minimum Gasteiger partial charge on any atom is -0.342 e. The lowest BCUT2D eigenvalue weighted by Crippen LogP contribution is -2.28. The molecule has 136 valence electrons. The number of rotatable bonds is 3. The van der Waals surface area contributed by atoms with Crippen LogP contribution in [0.1, 0.15) is 18.4 Å². The van der Waals surface area contributed by atoms with Crippen molar-refractivity contribution in [1.82, 2.24) is 19.5 Å². The number of halogens is 2. The lowest BCUT2D eigenvalue weighted by molar-refractivity contribution is 0.475. The van der Waals surface area contributed by atoms with E-state index in [0.29, 0.717) is 35.3 Å². The minimum atomic E-state index is -3.68. The number of aromatic nitrogens is 3. The van der Waals surface area contributed by atoms with Crippen molar-refractivity contribution in [3.05, 3.63) is 40.8 Å². The topological polar surface area (TPSA) is 79.0 Å². The summed E-state index contributed by atoms with van der Waals surface area (Å²) in [5.41, 5.74) is 1.90. The highest BCUT2D eigenvalue weighted by Crippen LogP contribution is 2.35. The minimum absolute atomic E-state index is 0.0120. The molecule has 2 aromatic heterocycles. The fraction of sp³-hybridized carbons (Fsp3) is 0.294. The average molecular weight is 395 g/mol. The fourth-order valence-electron chi connectivity index (χ4n) is 3.36. The molecule has 1 fully saturated rings. The number of sulfonamides is 1. The van der Waals surface area contributed by atoms with Crippen LogP contribution in [0, 0.1) is 12.7 Å². The van der Waals surface area contributed by atoms with Gasteiger partial charge in [-0.1, -0.05) is 11.6 Å². The molecule has 4 rings (SSSR count). The Balaban J connectivity index is 1.94. The van der Waals surface area contributed by atoms with E-state index in [1.807, 2.05) is 0 Å². The largest absolute Gasteiger partial charge is 0.342 e. The smallest absolute Gasteiger partial charge is 0.258 e. The van der Waals surface area contributed by atoms with Crippen molar-refractivity contribution in [2.24, 2.45) is 0 Å². The predicted molar refractivity (Wildman–Crippen MR) is 97.0 cm³/mol. The average Bonchev–Trinajstić information content (AvgIpc) is 3.26. The van der Waals surface area contributed by atoms with Crippen LogP contribution in [0.25, 0.3) is 22.2 Å². The summed E-state index contributed by atoms with van der Waals surface area (Å²) in [6.45, 7) is 2.71. The Morgan fingerprint density at radius 1 is 1.19 bits per heavy atom. The fourth-order valence-corrected chi connectivity index (χ4v) is 4.97. The molecule has 0 aliphatic carbocycles. The monoisotopic (exact) mass is 394 g/mol. The normalized spacial score (nSPS) is 15.8. The third kappa shape index (κ3) is 2.78. The molecule has 3 aromatic rings. The number of H-pyrrole nitrogens is 1. The number of nitrogens with one attached hydrogen (secondary N) is 1. The molecule has 1 N–H and O–H groups in total. The lowest BCUT2D eigenvalue weighted by Gasteiger charge is -2.13. The summed E-state index contributed by atoms with van der Waals surface area (Å²) in [5, 5.41) is 8.58. The van der Waals surface area contributed by atoms with E-state index in [0.717, 1.165) is 12.8 Å². The second-order valence-electron chi connectivity index (χ2n) is 6.33. The highest BCUT2D eigenvalue weighted by Gasteiger charge is 2.29. The van der Waals surface area contributed by atoms with E-state index in [4.69, 9.17) is 11.6 Å². The summed E-state index contributed by atoms with van der Waals surface area (Å²) in [5.74, 6) is -0.508. The van der Waals surface area contributed by atoms with Crippen molar-refractivity contribution in [1.29, 1.82) is 0 Å². The molecule has 1 saturated heterocycles. The third-order valence-electron chi connectivity index (χ3n) is 4.61. The van der Waals surface area contributed by atoms with Crippen LogP contribution >= 0.6 is 11.6 Å². The van der Waals surface area contributed by atoms with Gasteiger partial charge in [-0.25, -0.2) is 12.8 Å². The standard InChI is InChI=1S/C17H16ClFN4O2S/c1-10-8-12(19)17-11(16(10)13-4-5-14(18)22-21-13)9-15(20-17)26(24,25)23-6-2-3-7-23/h4-5,8-9,20H,2-3,6-7H2,1H3. The molecular weight excluding hydrogens is 379 g/mol. The molecule has 0 radical (unpaired) electrons. The molecule has 1 aliphatic heterocycles. The Labute approximate surface area is 155 Å². The van der Waals surface area contributed by atoms with Crippen LogP contribution in [-0.4, -0.2) is 41.0 Å². The Kier molecular flexibility index (Phi) is 4.21. The summed E-state index contributed by atoms with van der Waals surface area (Å²) in [6, 6.07) is 6.10. The molecule has 0 atom stereocenters. The SMILES string of the molecule is Cc1cc(F)c2[nH]c(S(=O)(=O)N3CCCC3)cc2c1-c1ccc(Cl)nn1. The van der Waals surface area contributed by atoms with Crippen LogP contribution in [0.5, 0.6) is 0 Å². The molecule has 9 heteroatoms. The van der Waals surface area contributed by atoms with Gasteiger partial charge in [-0.15, -0.1) is 10.2 Å². The number of fused-ring (bicyclic) bond motifs is 1. The van der Waals surface area contributed by atoms with Crippen molar-refractivity contribution < 1.29 is 12.8 Å². The number of benzene rings is 1. The molecule has 1 aliphatic rings. The molecule has 6 nitrogen and oxygen atoms in total. The second kappa shape index (κ2) is 6.29. The first-order valence-corrected chi connectivity index (χ1v) is 10.0. The number of aromatic amines is 1. The van der Waals surface area contributed by atoms with Gasteiger partial charge >= 0.3 is 0 Å². The first-order valence-electron chi connectivity index (χ1n) is 8.19. The molecule has 0 spiro atoms. The Hall–Kier alpha value is -2.03. The van der Waals surface area contributed by atoms with E-state index < -0.39 is 15.8 Å². The quantitative estimate of drug-likeness (QED) is 0.737. The molecule has 3 heterocycles. The zero-order valence-electron chi connectivity index (χ0n) is 14.0. The first kappa shape index (κ1) is 17.4. The number of hydrogen-bond acceptors (Lipinski definition) is 4. The van der Waals surface area contributed by atoms with E-state index in [-0.39, 0.29) is 15.7 Å². The van der Waals surface area contributed by atoms with E-state index >= 15 is 0 Å². The number of hydrogen-bond donors (Lipinski definition) is 1. The highest BCUT2D eigenvalue weighted by molar-refractivity contribution is 7.89. The predicted octanol–water partition coefficient (Wildman–Crippen LogP) is 3.51. The van der Waals surface area contributed by atoms with Crippen LogP contribution in [-0.2, 0) is 10.0 Å². The van der Waals surface area contributed by atoms with Gasteiger partial charge < -0.3 is 4.98 Å². The molecule has 0 amide bonds. The first-order chi connectivity index (χ1) is 12.4. The third-order valence-corrected chi connectivity index (χ3v) is 6.63. The van der Waals surface area contributed by atoms with Gasteiger partial charge in [0.05, 0.1) is 11.2 Å². The summed E-state index contributed by atoms with van der Waals surface area (Å²) < 4.78 is 41.5. The van der Waals surface area contributed by atoms with Gasteiger partial charge in [0.2, 0.25) is 0 Å². The van der Waals surface area contributed by atoms with Gasteiger partial charge in [-0.05, 0) is 49.6 Å². The second-order valence-corrected chi connectivity index (χ2v) is 8.62. The Morgan fingerprint density at radius 3 is 2.58 bits per heavy atom. The van der Waals surface area contributed by atoms with E-state index in [9.17, 15) is 12.8 Å². The Bertz CT molecular complexity index is 1090.